The third-order valence-corrected chi connectivity index (χ3v) is 5.73. The van der Waals surface area contributed by atoms with Gasteiger partial charge >= 0.3 is 0 Å². The van der Waals surface area contributed by atoms with E-state index in [1.165, 1.54) is 0 Å². The van der Waals surface area contributed by atoms with Gasteiger partial charge in [-0.3, -0.25) is 9.88 Å². The van der Waals surface area contributed by atoms with Gasteiger partial charge in [-0.15, -0.1) is 0 Å². The lowest BCUT2D eigenvalue weighted by atomic mass is 9.97. The lowest BCUT2D eigenvalue weighted by molar-refractivity contribution is 0.194. The SMILES string of the molecule is COc1cccc(-c2ccc3nc([C@H]4CCCN(Cc5ccccn5)C4)nn3c2)c1. The van der Waals surface area contributed by atoms with E-state index in [9.17, 15) is 0 Å². The van der Waals surface area contributed by atoms with E-state index in [2.05, 4.69) is 34.3 Å². The van der Waals surface area contributed by atoms with E-state index in [1.54, 1.807) is 7.11 Å². The molecule has 3 aromatic heterocycles. The topological polar surface area (TPSA) is 55.5 Å². The van der Waals surface area contributed by atoms with Crippen molar-refractivity contribution in [3.8, 4) is 16.9 Å². The molecule has 4 aromatic rings. The first-order valence-corrected chi connectivity index (χ1v) is 10.4. The second kappa shape index (κ2) is 8.24. The average Bonchev–Trinajstić information content (AvgIpc) is 3.23. The van der Waals surface area contributed by atoms with Gasteiger partial charge in [0.25, 0.3) is 0 Å². The second-order valence-corrected chi connectivity index (χ2v) is 7.82. The normalized spacial score (nSPS) is 17.3. The number of ether oxygens (including phenoxy) is 1. The van der Waals surface area contributed by atoms with Gasteiger partial charge in [-0.2, -0.15) is 5.10 Å². The fraction of sp³-hybridized carbons (Fsp3) is 0.292. The Morgan fingerprint density at radius 2 is 2.03 bits per heavy atom. The summed E-state index contributed by atoms with van der Waals surface area (Å²) in [5, 5.41) is 4.84. The quantitative estimate of drug-likeness (QED) is 0.504. The van der Waals surface area contributed by atoms with Gasteiger partial charge in [0.2, 0.25) is 0 Å². The van der Waals surface area contributed by atoms with E-state index < -0.39 is 0 Å². The second-order valence-electron chi connectivity index (χ2n) is 7.82. The number of aromatic nitrogens is 4. The third-order valence-electron chi connectivity index (χ3n) is 5.73. The van der Waals surface area contributed by atoms with E-state index >= 15 is 0 Å². The number of hydrogen-bond donors (Lipinski definition) is 0. The standard InChI is InChI=1S/C24H25N5O/c1-30-22-9-4-6-18(14-22)19-10-11-23-26-24(27-29(23)16-19)20-7-5-13-28(15-20)17-21-8-2-3-12-25-21/h2-4,6,8-12,14,16,20H,5,7,13,15,17H2,1H3/t20-/m0/s1. The molecule has 1 aromatic carbocycles. The molecule has 152 valence electrons. The molecule has 0 N–H and O–H groups in total. The van der Waals surface area contributed by atoms with Gasteiger partial charge in [-0.1, -0.05) is 18.2 Å². The van der Waals surface area contributed by atoms with Crippen LogP contribution >= 0.6 is 0 Å². The minimum Gasteiger partial charge on any atom is -0.497 e. The maximum Gasteiger partial charge on any atom is 0.156 e. The van der Waals surface area contributed by atoms with Gasteiger partial charge in [0.1, 0.15) is 5.75 Å². The summed E-state index contributed by atoms with van der Waals surface area (Å²) < 4.78 is 7.26. The lowest BCUT2D eigenvalue weighted by Crippen LogP contribution is -2.34. The van der Waals surface area contributed by atoms with Crippen LogP contribution in [0.1, 0.15) is 30.3 Å². The summed E-state index contributed by atoms with van der Waals surface area (Å²) in [6.45, 7) is 2.95. The zero-order chi connectivity index (χ0) is 20.3. The molecule has 4 heterocycles. The Kier molecular flexibility index (Phi) is 5.15. The average molecular weight is 399 g/mol. The van der Waals surface area contributed by atoms with Crippen LogP contribution in [0.3, 0.4) is 0 Å². The highest BCUT2D eigenvalue weighted by atomic mass is 16.5. The van der Waals surface area contributed by atoms with Crippen LogP contribution < -0.4 is 4.74 Å². The number of pyridine rings is 2. The first kappa shape index (κ1) is 18.8. The van der Waals surface area contributed by atoms with E-state index in [0.29, 0.717) is 5.92 Å². The minimum atomic E-state index is 0.350. The summed E-state index contributed by atoms with van der Waals surface area (Å²) in [6, 6.07) is 18.3. The number of benzene rings is 1. The molecule has 0 aliphatic carbocycles. The first-order chi connectivity index (χ1) is 14.8. The summed E-state index contributed by atoms with van der Waals surface area (Å²) in [7, 11) is 1.69. The zero-order valence-corrected chi connectivity index (χ0v) is 17.1. The molecule has 1 aliphatic rings. The molecule has 5 rings (SSSR count). The van der Waals surface area contributed by atoms with Crippen molar-refractivity contribution >= 4 is 5.65 Å². The maximum atomic E-state index is 5.36. The Morgan fingerprint density at radius 1 is 1.07 bits per heavy atom. The van der Waals surface area contributed by atoms with Crippen LogP contribution in [0.2, 0.25) is 0 Å². The van der Waals surface area contributed by atoms with E-state index in [4.69, 9.17) is 14.8 Å². The van der Waals surface area contributed by atoms with Gasteiger partial charge in [0.05, 0.1) is 12.8 Å². The van der Waals surface area contributed by atoms with Crippen molar-refractivity contribution in [2.45, 2.75) is 25.3 Å². The number of piperidine rings is 1. The first-order valence-electron chi connectivity index (χ1n) is 10.4. The Balaban J connectivity index is 1.36. The predicted octanol–water partition coefficient (Wildman–Crippen LogP) is 4.18. The van der Waals surface area contributed by atoms with Crippen molar-refractivity contribution in [1.82, 2.24) is 24.5 Å². The summed E-state index contributed by atoms with van der Waals surface area (Å²) in [5.41, 5.74) is 4.20. The van der Waals surface area contributed by atoms with Crippen molar-refractivity contribution in [2.24, 2.45) is 0 Å². The number of fused-ring (bicyclic) bond motifs is 1. The number of likely N-dealkylation sites (tertiary alicyclic amines) is 1. The summed E-state index contributed by atoms with van der Waals surface area (Å²) in [4.78, 5) is 11.8. The molecule has 0 unspecified atom stereocenters. The van der Waals surface area contributed by atoms with Crippen LogP contribution in [-0.4, -0.2) is 44.7 Å². The Bertz CT molecular complexity index is 1140. The highest BCUT2D eigenvalue weighted by Gasteiger charge is 2.25. The molecule has 0 radical (unpaired) electrons. The number of hydrogen-bond acceptors (Lipinski definition) is 5. The molecule has 0 saturated carbocycles. The van der Waals surface area contributed by atoms with Gasteiger partial charge in [-0.25, -0.2) is 9.50 Å². The minimum absolute atomic E-state index is 0.350. The van der Waals surface area contributed by atoms with Gasteiger partial charge in [0.15, 0.2) is 11.5 Å². The molecule has 0 spiro atoms. The summed E-state index contributed by atoms with van der Waals surface area (Å²) in [6.07, 6.45) is 6.19. The zero-order valence-electron chi connectivity index (χ0n) is 17.1. The molecular weight excluding hydrogens is 374 g/mol. The van der Waals surface area contributed by atoms with Crippen molar-refractivity contribution in [1.29, 1.82) is 0 Å². The molecule has 1 aliphatic heterocycles. The van der Waals surface area contributed by atoms with Gasteiger partial charge < -0.3 is 4.74 Å². The van der Waals surface area contributed by atoms with Gasteiger partial charge in [0, 0.05) is 37.0 Å². The number of nitrogens with zero attached hydrogens (tertiary/aromatic N) is 5. The smallest absolute Gasteiger partial charge is 0.156 e. The highest BCUT2D eigenvalue weighted by molar-refractivity contribution is 5.65. The fourth-order valence-corrected chi connectivity index (χ4v) is 4.18. The predicted molar refractivity (Wildman–Crippen MR) is 116 cm³/mol. The van der Waals surface area contributed by atoms with Crippen LogP contribution in [0, 0.1) is 0 Å². The van der Waals surface area contributed by atoms with E-state index in [0.717, 1.165) is 66.5 Å². The molecule has 6 heteroatoms. The van der Waals surface area contributed by atoms with Crippen molar-refractivity contribution in [3.05, 3.63) is 78.5 Å². The lowest BCUT2D eigenvalue weighted by Gasteiger charge is -2.31. The monoisotopic (exact) mass is 399 g/mol. The molecule has 1 atom stereocenters. The molecule has 30 heavy (non-hydrogen) atoms. The molecule has 1 saturated heterocycles. The molecular formula is C24H25N5O. The van der Waals surface area contributed by atoms with Crippen LogP contribution in [0.4, 0.5) is 0 Å². The van der Waals surface area contributed by atoms with Crippen LogP contribution in [0.5, 0.6) is 5.75 Å². The Labute approximate surface area is 176 Å². The van der Waals surface area contributed by atoms with Crippen molar-refractivity contribution < 1.29 is 4.74 Å². The summed E-state index contributed by atoms with van der Waals surface area (Å²) in [5.74, 6) is 2.13. The molecule has 0 bridgehead atoms. The van der Waals surface area contributed by atoms with Crippen molar-refractivity contribution in [2.75, 3.05) is 20.2 Å². The molecule has 6 nitrogen and oxygen atoms in total. The molecule has 0 amide bonds. The third kappa shape index (κ3) is 3.91. The highest BCUT2D eigenvalue weighted by Crippen LogP contribution is 2.27. The van der Waals surface area contributed by atoms with Crippen LogP contribution in [0.25, 0.3) is 16.8 Å². The number of rotatable bonds is 5. The fourth-order valence-electron chi connectivity index (χ4n) is 4.18. The Morgan fingerprint density at radius 3 is 2.90 bits per heavy atom. The largest absolute Gasteiger partial charge is 0.497 e. The van der Waals surface area contributed by atoms with Crippen LogP contribution in [-0.2, 0) is 6.54 Å². The van der Waals surface area contributed by atoms with Crippen molar-refractivity contribution in [3.63, 3.8) is 0 Å². The summed E-state index contributed by atoms with van der Waals surface area (Å²) >= 11 is 0. The molecule has 1 fully saturated rings. The maximum absolute atomic E-state index is 5.36. The van der Waals surface area contributed by atoms with E-state index in [1.807, 2.05) is 47.1 Å². The van der Waals surface area contributed by atoms with Crippen LogP contribution in [0.15, 0.2) is 67.0 Å². The number of methoxy groups -OCH3 is 1. The van der Waals surface area contributed by atoms with Gasteiger partial charge in [-0.05, 0) is 61.3 Å². The van der Waals surface area contributed by atoms with E-state index in [-0.39, 0.29) is 0 Å². The Hall–Kier alpha value is -3.25.